The Morgan fingerprint density at radius 3 is 2.80 bits per heavy atom. The lowest BCUT2D eigenvalue weighted by atomic mass is 10.2. The van der Waals surface area contributed by atoms with Gasteiger partial charge in [-0.1, -0.05) is 6.92 Å². The van der Waals surface area contributed by atoms with E-state index in [2.05, 4.69) is 52.8 Å². The number of halogens is 1. The minimum atomic E-state index is 0.441. The fraction of sp³-hybridized carbons (Fsp3) is 0.636. The fourth-order valence-electron chi connectivity index (χ4n) is 1.53. The van der Waals surface area contributed by atoms with E-state index >= 15 is 0 Å². The maximum Gasteiger partial charge on any atom is 0.0399 e. The molecule has 86 valence electrons. The molecule has 0 radical (unpaired) electrons. The highest BCUT2D eigenvalue weighted by atomic mass is 79.9. The summed E-state index contributed by atoms with van der Waals surface area (Å²) in [5.41, 5.74) is 0. The van der Waals surface area contributed by atoms with Crippen LogP contribution in [0.4, 0.5) is 0 Å². The van der Waals surface area contributed by atoms with Crippen LogP contribution in [0, 0.1) is 0 Å². The zero-order valence-electron chi connectivity index (χ0n) is 9.42. The predicted molar refractivity (Wildman–Crippen MR) is 76.0 cm³/mol. The van der Waals surface area contributed by atoms with Gasteiger partial charge in [0.2, 0.25) is 0 Å². The first-order chi connectivity index (χ1) is 7.19. The number of hydrogen-bond donors (Lipinski definition) is 1. The van der Waals surface area contributed by atoms with Crippen molar-refractivity contribution >= 4 is 39.0 Å². The van der Waals surface area contributed by atoms with Crippen molar-refractivity contribution in [2.45, 2.75) is 32.4 Å². The smallest absolute Gasteiger partial charge is 0.0399 e. The van der Waals surface area contributed by atoms with Gasteiger partial charge in [0, 0.05) is 27.2 Å². The van der Waals surface area contributed by atoms with Crippen LogP contribution in [-0.4, -0.2) is 18.1 Å². The molecular formula is C11H18BrNS2. The highest BCUT2D eigenvalue weighted by Gasteiger charge is 2.14. The molecule has 0 aliphatic carbocycles. The monoisotopic (exact) mass is 307 g/mol. The van der Waals surface area contributed by atoms with E-state index in [-0.39, 0.29) is 0 Å². The van der Waals surface area contributed by atoms with Crippen LogP contribution in [0.1, 0.15) is 31.2 Å². The third-order valence-electron chi connectivity index (χ3n) is 2.38. The largest absolute Gasteiger partial charge is 0.306 e. The molecule has 1 aromatic rings. The molecule has 0 bridgehead atoms. The molecule has 2 unspecified atom stereocenters. The van der Waals surface area contributed by atoms with Crippen LogP contribution in [-0.2, 0) is 0 Å². The van der Waals surface area contributed by atoms with Gasteiger partial charge in [-0.15, -0.1) is 11.3 Å². The molecule has 1 nitrogen and oxygen atoms in total. The lowest BCUT2D eigenvalue weighted by Gasteiger charge is -2.21. The third-order valence-corrected chi connectivity index (χ3v) is 5.17. The summed E-state index contributed by atoms with van der Waals surface area (Å²) in [5.74, 6) is 1.18. The average molecular weight is 308 g/mol. The fourth-order valence-corrected chi connectivity index (χ4v) is 4.00. The average Bonchev–Trinajstić information content (AvgIpc) is 2.63. The normalized spacial score (nSPS) is 15.2. The summed E-state index contributed by atoms with van der Waals surface area (Å²) in [4.78, 5) is 1.40. The number of hydrogen-bond acceptors (Lipinski definition) is 3. The van der Waals surface area contributed by atoms with Gasteiger partial charge in [0.1, 0.15) is 0 Å². The minimum Gasteiger partial charge on any atom is -0.306 e. The van der Waals surface area contributed by atoms with Crippen molar-refractivity contribution in [3.05, 3.63) is 20.8 Å². The quantitative estimate of drug-likeness (QED) is 0.841. The Morgan fingerprint density at radius 1 is 1.60 bits per heavy atom. The summed E-state index contributed by atoms with van der Waals surface area (Å²) in [6, 6.07) is 3.17. The van der Waals surface area contributed by atoms with Gasteiger partial charge >= 0.3 is 0 Å². The molecule has 0 amide bonds. The van der Waals surface area contributed by atoms with E-state index in [0.29, 0.717) is 12.1 Å². The summed E-state index contributed by atoms with van der Waals surface area (Å²) >= 11 is 7.30. The zero-order valence-corrected chi connectivity index (χ0v) is 12.6. The maximum absolute atomic E-state index is 3.67. The molecule has 0 fully saturated rings. The number of nitrogens with one attached hydrogen (secondary N) is 1. The second kappa shape index (κ2) is 6.94. The number of rotatable bonds is 6. The van der Waals surface area contributed by atoms with Crippen LogP contribution in [0.2, 0.25) is 0 Å². The highest BCUT2D eigenvalue weighted by Crippen LogP contribution is 2.29. The zero-order chi connectivity index (χ0) is 11.3. The molecule has 1 N–H and O–H groups in total. The second-order valence-electron chi connectivity index (χ2n) is 3.58. The molecule has 0 aliphatic rings. The van der Waals surface area contributed by atoms with Crippen molar-refractivity contribution in [1.29, 1.82) is 0 Å². The van der Waals surface area contributed by atoms with Crippen molar-refractivity contribution in [1.82, 2.24) is 5.32 Å². The molecule has 1 rings (SSSR count). The third kappa shape index (κ3) is 4.10. The van der Waals surface area contributed by atoms with Gasteiger partial charge in [0.05, 0.1) is 0 Å². The Morgan fingerprint density at radius 2 is 2.33 bits per heavy atom. The van der Waals surface area contributed by atoms with Gasteiger partial charge in [0.15, 0.2) is 0 Å². The molecule has 0 saturated heterocycles. The molecule has 0 aliphatic heterocycles. The molecule has 4 heteroatoms. The predicted octanol–water partition coefficient (Wildman–Crippen LogP) is 4.30. The SMILES string of the molecule is CCC(CSC)NC(C)c1sccc1Br. The standard InChI is InChI=1S/C11H18BrNS2/c1-4-9(7-14-3)13-8(2)11-10(12)5-6-15-11/h5-6,8-9,13H,4,7H2,1-3H3. The van der Waals surface area contributed by atoms with Crippen LogP contribution >= 0.6 is 39.0 Å². The van der Waals surface area contributed by atoms with Crippen LogP contribution in [0.3, 0.4) is 0 Å². The number of thiophene rings is 1. The first-order valence-corrected chi connectivity index (χ1v) is 8.23. The van der Waals surface area contributed by atoms with Crippen LogP contribution in [0.15, 0.2) is 15.9 Å². The van der Waals surface area contributed by atoms with E-state index in [1.54, 1.807) is 0 Å². The van der Waals surface area contributed by atoms with E-state index in [9.17, 15) is 0 Å². The van der Waals surface area contributed by atoms with Gasteiger partial charge in [0.25, 0.3) is 0 Å². The summed E-state index contributed by atoms with van der Waals surface area (Å²) in [6.07, 6.45) is 3.35. The van der Waals surface area contributed by atoms with E-state index in [1.807, 2.05) is 23.1 Å². The van der Waals surface area contributed by atoms with E-state index in [4.69, 9.17) is 0 Å². The second-order valence-corrected chi connectivity index (χ2v) is 6.29. The van der Waals surface area contributed by atoms with Crippen molar-refractivity contribution in [3.63, 3.8) is 0 Å². The van der Waals surface area contributed by atoms with Gasteiger partial charge in [-0.2, -0.15) is 11.8 Å². The Bertz CT molecular complexity index is 288. The summed E-state index contributed by atoms with van der Waals surface area (Å²) in [7, 11) is 0. The van der Waals surface area contributed by atoms with Gasteiger partial charge in [-0.25, -0.2) is 0 Å². The van der Waals surface area contributed by atoms with Crippen molar-refractivity contribution < 1.29 is 0 Å². The molecule has 1 heterocycles. The maximum atomic E-state index is 3.67. The Labute approximate surface area is 109 Å². The first-order valence-electron chi connectivity index (χ1n) is 5.16. The lowest BCUT2D eigenvalue weighted by Crippen LogP contribution is -2.32. The molecule has 0 spiro atoms. The molecule has 0 saturated carbocycles. The van der Waals surface area contributed by atoms with Crippen LogP contribution in [0.5, 0.6) is 0 Å². The van der Waals surface area contributed by atoms with Crippen LogP contribution < -0.4 is 5.32 Å². The Kier molecular flexibility index (Phi) is 6.27. The molecule has 0 aromatic carbocycles. The van der Waals surface area contributed by atoms with E-state index in [1.165, 1.54) is 21.5 Å². The first kappa shape index (κ1) is 13.6. The molecular weight excluding hydrogens is 290 g/mol. The summed E-state index contributed by atoms with van der Waals surface area (Å²) < 4.78 is 1.23. The van der Waals surface area contributed by atoms with Crippen LogP contribution in [0.25, 0.3) is 0 Å². The summed E-state index contributed by atoms with van der Waals surface area (Å²) in [5, 5.41) is 5.80. The van der Waals surface area contributed by atoms with Gasteiger partial charge < -0.3 is 5.32 Å². The molecule has 2 atom stereocenters. The van der Waals surface area contributed by atoms with Gasteiger partial charge in [-0.3, -0.25) is 0 Å². The van der Waals surface area contributed by atoms with E-state index in [0.717, 1.165) is 0 Å². The van der Waals surface area contributed by atoms with Crippen molar-refractivity contribution in [2.24, 2.45) is 0 Å². The Balaban J connectivity index is 2.54. The van der Waals surface area contributed by atoms with Crippen molar-refractivity contribution in [3.8, 4) is 0 Å². The molecule has 1 aromatic heterocycles. The topological polar surface area (TPSA) is 12.0 Å². The molecule has 15 heavy (non-hydrogen) atoms. The Hall–Kier alpha value is 0.490. The lowest BCUT2D eigenvalue weighted by molar-refractivity contribution is 0.478. The van der Waals surface area contributed by atoms with E-state index < -0.39 is 0 Å². The minimum absolute atomic E-state index is 0.441. The number of thioether (sulfide) groups is 1. The highest BCUT2D eigenvalue weighted by molar-refractivity contribution is 9.10. The van der Waals surface area contributed by atoms with Gasteiger partial charge in [-0.05, 0) is 47.0 Å². The summed E-state index contributed by atoms with van der Waals surface area (Å²) in [6.45, 7) is 4.48. The van der Waals surface area contributed by atoms with Crippen molar-refractivity contribution in [2.75, 3.05) is 12.0 Å².